The van der Waals surface area contributed by atoms with Gasteiger partial charge in [0.15, 0.2) is 0 Å². The Hall–Kier alpha value is -1.57. The van der Waals surface area contributed by atoms with Crippen molar-refractivity contribution in [2.24, 2.45) is 10.8 Å². The van der Waals surface area contributed by atoms with E-state index in [2.05, 4.69) is 76.2 Å². The average molecular weight is 285 g/mol. The Morgan fingerprint density at radius 1 is 0.905 bits per heavy atom. The van der Waals surface area contributed by atoms with E-state index in [9.17, 15) is 0 Å². The fraction of sp³-hybridized carbons (Fsp3) is 0.526. The van der Waals surface area contributed by atoms with E-state index in [1.54, 1.807) is 0 Å². The lowest BCUT2D eigenvalue weighted by Gasteiger charge is -2.23. The summed E-state index contributed by atoms with van der Waals surface area (Å²) in [4.78, 5) is 0. The van der Waals surface area contributed by atoms with Crippen molar-refractivity contribution in [2.45, 2.75) is 53.9 Å². The summed E-state index contributed by atoms with van der Waals surface area (Å²) in [6, 6.07) is 12.8. The van der Waals surface area contributed by atoms with Crippen molar-refractivity contribution in [3.63, 3.8) is 0 Å². The maximum Gasteiger partial charge on any atom is 0.137 e. The quantitative estimate of drug-likeness (QED) is 0.766. The molecule has 0 saturated carbocycles. The number of nitrogens with zero attached hydrogens (tertiary/aromatic N) is 1. The lowest BCUT2D eigenvalue weighted by molar-refractivity contribution is 0.293. The fourth-order valence-electron chi connectivity index (χ4n) is 2.75. The Bertz CT molecular complexity index is 561. The van der Waals surface area contributed by atoms with Gasteiger partial charge in [-0.15, -0.1) is 0 Å². The molecule has 0 unspecified atom stereocenters. The minimum absolute atomic E-state index is 0.167. The van der Waals surface area contributed by atoms with E-state index in [0.29, 0.717) is 0 Å². The summed E-state index contributed by atoms with van der Waals surface area (Å²) in [6.45, 7) is 11.2. The third kappa shape index (κ3) is 5.37. The van der Waals surface area contributed by atoms with Crippen LogP contribution in [0.3, 0.4) is 0 Å². The van der Waals surface area contributed by atoms with Crippen molar-refractivity contribution in [3.8, 4) is 0 Å². The number of benzene rings is 1. The number of aromatic nitrogens is 1. The normalized spacial score (nSPS) is 12.6. The van der Waals surface area contributed by atoms with Crippen LogP contribution in [0.2, 0.25) is 0 Å². The Morgan fingerprint density at radius 3 is 2.19 bits per heavy atom. The van der Waals surface area contributed by atoms with Crippen LogP contribution in [0.25, 0.3) is 0 Å². The molecular weight excluding hydrogens is 258 g/mol. The lowest BCUT2D eigenvalue weighted by atomic mass is 9.81. The Labute approximate surface area is 128 Å². The van der Waals surface area contributed by atoms with Crippen molar-refractivity contribution in [3.05, 3.63) is 53.4 Å². The van der Waals surface area contributed by atoms with Crippen molar-refractivity contribution < 1.29 is 4.52 Å². The van der Waals surface area contributed by atoms with Gasteiger partial charge in [-0.1, -0.05) is 70.1 Å². The van der Waals surface area contributed by atoms with Crippen LogP contribution >= 0.6 is 0 Å². The second-order valence-corrected chi connectivity index (χ2v) is 8.03. The molecule has 1 aromatic heterocycles. The van der Waals surface area contributed by atoms with Gasteiger partial charge in [0.2, 0.25) is 0 Å². The van der Waals surface area contributed by atoms with Crippen molar-refractivity contribution in [2.75, 3.05) is 0 Å². The van der Waals surface area contributed by atoms with Gasteiger partial charge in [0.25, 0.3) is 0 Å². The zero-order valence-corrected chi connectivity index (χ0v) is 13.9. The monoisotopic (exact) mass is 285 g/mol. The van der Waals surface area contributed by atoms with E-state index < -0.39 is 0 Å². The zero-order valence-electron chi connectivity index (χ0n) is 13.9. The summed E-state index contributed by atoms with van der Waals surface area (Å²) < 4.78 is 5.53. The first-order valence-corrected chi connectivity index (χ1v) is 7.72. The molecule has 2 rings (SSSR count). The molecule has 0 atom stereocenters. The van der Waals surface area contributed by atoms with Gasteiger partial charge in [-0.05, 0) is 29.2 Å². The Balaban J connectivity index is 2.00. The third-order valence-corrected chi connectivity index (χ3v) is 3.50. The van der Waals surface area contributed by atoms with Gasteiger partial charge in [0.1, 0.15) is 5.76 Å². The molecule has 1 aromatic carbocycles. The first kappa shape index (κ1) is 15.8. The van der Waals surface area contributed by atoms with Crippen LogP contribution < -0.4 is 0 Å². The SMILES string of the molecule is CC(C)(C)Cc1cc(CC(C)(C)Cc2ccccc2)on1. The van der Waals surface area contributed by atoms with Gasteiger partial charge in [-0.25, -0.2) is 0 Å². The minimum Gasteiger partial charge on any atom is -0.361 e. The topological polar surface area (TPSA) is 26.0 Å². The molecule has 0 bridgehead atoms. The van der Waals surface area contributed by atoms with Crippen molar-refractivity contribution in [1.82, 2.24) is 5.16 Å². The summed E-state index contributed by atoms with van der Waals surface area (Å²) in [7, 11) is 0. The van der Waals surface area contributed by atoms with E-state index in [1.807, 2.05) is 0 Å². The first-order valence-electron chi connectivity index (χ1n) is 7.72. The van der Waals surface area contributed by atoms with E-state index in [0.717, 1.165) is 30.7 Å². The van der Waals surface area contributed by atoms with Crippen molar-refractivity contribution in [1.29, 1.82) is 0 Å². The van der Waals surface area contributed by atoms with Crippen LogP contribution in [-0.2, 0) is 19.3 Å². The van der Waals surface area contributed by atoms with E-state index in [1.165, 1.54) is 5.56 Å². The first-order chi connectivity index (χ1) is 9.73. The molecule has 0 radical (unpaired) electrons. The van der Waals surface area contributed by atoms with Gasteiger partial charge >= 0.3 is 0 Å². The Kier molecular flexibility index (Phi) is 4.55. The van der Waals surface area contributed by atoms with Gasteiger partial charge in [-0.3, -0.25) is 0 Å². The second kappa shape index (κ2) is 6.05. The molecule has 0 aliphatic rings. The molecule has 2 heteroatoms. The highest BCUT2D eigenvalue weighted by Gasteiger charge is 2.22. The second-order valence-electron chi connectivity index (χ2n) is 8.03. The largest absolute Gasteiger partial charge is 0.361 e. The Morgan fingerprint density at radius 2 is 1.57 bits per heavy atom. The molecule has 2 nitrogen and oxygen atoms in total. The molecule has 0 aliphatic carbocycles. The minimum atomic E-state index is 0.167. The zero-order chi connectivity index (χ0) is 15.5. The van der Waals surface area contributed by atoms with Crippen LogP contribution in [0.15, 0.2) is 40.9 Å². The van der Waals surface area contributed by atoms with Crippen LogP contribution in [0.1, 0.15) is 51.6 Å². The lowest BCUT2D eigenvalue weighted by Crippen LogP contribution is -2.18. The van der Waals surface area contributed by atoms with Crippen molar-refractivity contribution >= 4 is 0 Å². The summed E-state index contributed by atoms with van der Waals surface area (Å²) in [5, 5.41) is 4.22. The standard InChI is InChI=1S/C19H27NO/c1-18(2,3)13-16-11-17(21-20-16)14-19(4,5)12-15-9-7-6-8-10-15/h6-11H,12-14H2,1-5H3. The molecule has 0 spiro atoms. The highest BCUT2D eigenvalue weighted by molar-refractivity contribution is 5.17. The molecule has 0 amide bonds. The molecule has 0 N–H and O–H groups in total. The summed E-state index contributed by atoms with van der Waals surface area (Å²) in [5.41, 5.74) is 2.85. The van der Waals surface area contributed by atoms with Crippen LogP contribution in [0, 0.1) is 10.8 Å². The number of rotatable bonds is 5. The molecule has 21 heavy (non-hydrogen) atoms. The summed E-state index contributed by atoms with van der Waals surface area (Å²) in [5.74, 6) is 0.996. The highest BCUT2D eigenvalue weighted by Crippen LogP contribution is 2.28. The molecule has 0 saturated heterocycles. The van der Waals surface area contributed by atoms with Gasteiger partial charge < -0.3 is 4.52 Å². The van der Waals surface area contributed by atoms with Crippen LogP contribution in [0.5, 0.6) is 0 Å². The summed E-state index contributed by atoms with van der Waals surface area (Å²) >= 11 is 0. The average Bonchev–Trinajstić information content (AvgIpc) is 2.73. The maximum atomic E-state index is 5.53. The van der Waals surface area contributed by atoms with Gasteiger partial charge in [-0.2, -0.15) is 0 Å². The molecule has 0 fully saturated rings. The van der Waals surface area contributed by atoms with Gasteiger partial charge in [0, 0.05) is 12.5 Å². The third-order valence-electron chi connectivity index (χ3n) is 3.50. The number of hydrogen-bond donors (Lipinski definition) is 0. The molecule has 1 heterocycles. The summed E-state index contributed by atoms with van der Waals surface area (Å²) in [6.07, 6.45) is 2.91. The predicted molar refractivity (Wildman–Crippen MR) is 87.3 cm³/mol. The van der Waals surface area contributed by atoms with E-state index >= 15 is 0 Å². The molecule has 114 valence electrons. The van der Waals surface area contributed by atoms with Crippen LogP contribution in [0.4, 0.5) is 0 Å². The fourth-order valence-corrected chi connectivity index (χ4v) is 2.75. The molecular formula is C19H27NO. The van der Waals surface area contributed by atoms with Gasteiger partial charge in [0.05, 0.1) is 5.69 Å². The predicted octanol–water partition coefficient (Wildman–Crippen LogP) is 5.07. The highest BCUT2D eigenvalue weighted by atomic mass is 16.5. The number of hydrogen-bond acceptors (Lipinski definition) is 2. The van der Waals surface area contributed by atoms with Crippen LogP contribution in [-0.4, -0.2) is 5.16 Å². The smallest absolute Gasteiger partial charge is 0.137 e. The van der Waals surface area contributed by atoms with E-state index in [-0.39, 0.29) is 10.8 Å². The van der Waals surface area contributed by atoms with E-state index in [4.69, 9.17) is 4.52 Å². The molecule has 2 aromatic rings. The maximum absolute atomic E-state index is 5.53. The molecule has 0 aliphatic heterocycles.